The van der Waals surface area contributed by atoms with E-state index < -0.39 is 11.6 Å². The Morgan fingerprint density at radius 2 is 1.84 bits per heavy atom. The molecule has 0 amide bonds. The van der Waals surface area contributed by atoms with Gasteiger partial charge in [-0.1, -0.05) is 11.6 Å². The van der Waals surface area contributed by atoms with Crippen molar-refractivity contribution in [2.75, 3.05) is 17.7 Å². The molecule has 7 heteroatoms. The van der Waals surface area contributed by atoms with Crippen molar-refractivity contribution >= 4 is 44.9 Å². The van der Waals surface area contributed by atoms with Gasteiger partial charge in [-0.25, -0.2) is 13.8 Å². The predicted molar refractivity (Wildman–Crippen MR) is 76.1 cm³/mol. The lowest BCUT2D eigenvalue weighted by atomic mass is 10.3. The van der Waals surface area contributed by atoms with Crippen LogP contribution < -0.4 is 10.6 Å². The van der Waals surface area contributed by atoms with Gasteiger partial charge < -0.3 is 10.6 Å². The average molecular weight is 349 g/mol. The Labute approximate surface area is 122 Å². The van der Waals surface area contributed by atoms with Gasteiger partial charge in [0, 0.05) is 23.3 Å². The number of nitrogens with one attached hydrogen (secondary N) is 2. The third-order valence-corrected chi connectivity index (χ3v) is 3.56. The van der Waals surface area contributed by atoms with Gasteiger partial charge in [0.1, 0.15) is 0 Å². The first-order valence-electron chi connectivity index (χ1n) is 5.27. The molecule has 0 bridgehead atoms. The Morgan fingerprint density at radius 1 is 1.16 bits per heavy atom. The maximum Gasteiger partial charge on any atom is 0.169 e. The zero-order valence-corrected chi connectivity index (χ0v) is 12.1. The molecule has 3 nitrogen and oxygen atoms in total. The normalized spacial score (nSPS) is 10.4. The van der Waals surface area contributed by atoms with Crippen LogP contribution in [0.1, 0.15) is 0 Å². The van der Waals surface area contributed by atoms with Crippen molar-refractivity contribution < 1.29 is 8.78 Å². The van der Waals surface area contributed by atoms with Crippen LogP contribution in [0.25, 0.3) is 0 Å². The maximum atomic E-state index is 13.6. The van der Waals surface area contributed by atoms with E-state index in [9.17, 15) is 8.78 Å². The molecule has 2 aromatic rings. The highest BCUT2D eigenvalue weighted by molar-refractivity contribution is 9.10. The molecule has 0 fully saturated rings. The van der Waals surface area contributed by atoms with Crippen molar-refractivity contribution in [2.24, 2.45) is 0 Å². The van der Waals surface area contributed by atoms with Crippen molar-refractivity contribution in [2.45, 2.75) is 0 Å². The lowest BCUT2D eigenvalue weighted by Crippen LogP contribution is -2.03. The molecule has 100 valence electrons. The summed E-state index contributed by atoms with van der Waals surface area (Å²) in [6, 6.07) is 5.75. The first-order chi connectivity index (χ1) is 9.01. The molecule has 0 aliphatic heterocycles. The monoisotopic (exact) mass is 347 g/mol. The largest absolute Gasteiger partial charge is 0.371 e. The molecule has 1 heterocycles. The van der Waals surface area contributed by atoms with Gasteiger partial charge in [0.25, 0.3) is 0 Å². The number of aromatic nitrogens is 1. The minimum absolute atomic E-state index is 0.0306. The molecular weight excluding hydrogens is 340 g/mol. The number of hydrogen-bond acceptors (Lipinski definition) is 3. The quantitative estimate of drug-likeness (QED) is 0.854. The molecule has 19 heavy (non-hydrogen) atoms. The Hall–Kier alpha value is -1.40. The van der Waals surface area contributed by atoms with Gasteiger partial charge in [-0.15, -0.1) is 0 Å². The summed E-state index contributed by atoms with van der Waals surface area (Å²) < 4.78 is 27.5. The van der Waals surface area contributed by atoms with E-state index in [0.29, 0.717) is 15.2 Å². The Kier molecular flexibility index (Phi) is 4.21. The predicted octanol–water partition coefficient (Wildman–Crippen LogP) is 4.56. The summed E-state index contributed by atoms with van der Waals surface area (Å²) in [6.45, 7) is 0. The van der Waals surface area contributed by atoms with E-state index >= 15 is 0 Å². The lowest BCUT2D eigenvalue weighted by molar-refractivity contribution is 0.580. The maximum absolute atomic E-state index is 13.6. The molecule has 0 aliphatic carbocycles. The van der Waals surface area contributed by atoms with Crippen molar-refractivity contribution in [1.29, 1.82) is 0 Å². The second kappa shape index (κ2) is 5.71. The third-order valence-electron chi connectivity index (χ3n) is 2.35. The van der Waals surface area contributed by atoms with Gasteiger partial charge in [0.2, 0.25) is 0 Å². The number of benzene rings is 1. The first-order valence-corrected chi connectivity index (χ1v) is 6.44. The molecule has 0 atom stereocenters. The van der Waals surface area contributed by atoms with Crippen LogP contribution in [0.5, 0.6) is 0 Å². The molecule has 0 unspecified atom stereocenters. The van der Waals surface area contributed by atoms with Gasteiger partial charge in [-0.05, 0) is 34.1 Å². The zero-order chi connectivity index (χ0) is 14.0. The fourth-order valence-electron chi connectivity index (χ4n) is 1.44. The fourth-order valence-corrected chi connectivity index (χ4v) is 1.94. The van der Waals surface area contributed by atoms with Crippen molar-refractivity contribution in [1.82, 2.24) is 4.98 Å². The Balaban J connectivity index is 2.34. The Morgan fingerprint density at radius 3 is 2.47 bits per heavy atom. The molecule has 0 aliphatic rings. The van der Waals surface area contributed by atoms with E-state index in [0.717, 1.165) is 6.07 Å². The van der Waals surface area contributed by atoms with Crippen LogP contribution in [0.4, 0.5) is 26.1 Å². The summed E-state index contributed by atoms with van der Waals surface area (Å²) in [5.41, 5.74) is 0.580. The van der Waals surface area contributed by atoms with E-state index in [2.05, 4.69) is 31.5 Å². The lowest BCUT2D eigenvalue weighted by Gasteiger charge is -2.10. The molecule has 2 rings (SSSR count). The van der Waals surface area contributed by atoms with Crippen LogP contribution in [-0.4, -0.2) is 12.0 Å². The van der Waals surface area contributed by atoms with E-state index in [4.69, 9.17) is 11.6 Å². The van der Waals surface area contributed by atoms with Crippen molar-refractivity contribution in [3.63, 3.8) is 0 Å². The molecule has 1 aromatic carbocycles. The van der Waals surface area contributed by atoms with Crippen LogP contribution in [-0.2, 0) is 0 Å². The number of anilines is 3. The number of hydrogen-bond donors (Lipinski definition) is 2. The van der Waals surface area contributed by atoms with Crippen LogP contribution in [0.15, 0.2) is 28.7 Å². The van der Waals surface area contributed by atoms with E-state index in [-0.39, 0.29) is 11.6 Å². The highest BCUT2D eigenvalue weighted by atomic mass is 79.9. The molecular formula is C12H9BrClF2N3. The fraction of sp³-hybridized carbons (Fsp3) is 0.0833. The summed E-state index contributed by atoms with van der Waals surface area (Å²) in [5.74, 6) is -1.62. The Bertz CT molecular complexity index is 622. The zero-order valence-electron chi connectivity index (χ0n) is 9.77. The van der Waals surface area contributed by atoms with Crippen LogP contribution >= 0.6 is 27.5 Å². The standard InChI is InChI=1S/C12H9BrClF2N3/c1-17-11-9(15)5-10(16)12(19-11)18-6-2-3-8(14)7(13)4-6/h2-5H,1H3,(H2,17,18,19). The smallest absolute Gasteiger partial charge is 0.169 e. The average Bonchev–Trinajstić information content (AvgIpc) is 2.37. The van der Waals surface area contributed by atoms with Gasteiger partial charge in [0.05, 0.1) is 5.02 Å². The minimum atomic E-state index is -0.775. The highest BCUT2D eigenvalue weighted by Crippen LogP contribution is 2.28. The van der Waals surface area contributed by atoms with E-state index in [1.807, 2.05) is 0 Å². The van der Waals surface area contributed by atoms with Crippen molar-refractivity contribution in [3.05, 3.63) is 45.4 Å². The molecule has 0 spiro atoms. The minimum Gasteiger partial charge on any atom is -0.371 e. The molecule has 0 saturated heterocycles. The molecule has 1 aromatic heterocycles. The number of rotatable bonds is 3. The third kappa shape index (κ3) is 3.13. The van der Waals surface area contributed by atoms with Crippen LogP contribution in [0.3, 0.4) is 0 Å². The summed E-state index contributed by atoms with van der Waals surface area (Å²) in [5, 5.41) is 5.84. The van der Waals surface area contributed by atoms with Gasteiger partial charge in [0.15, 0.2) is 23.3 Å². The second-order valence-corrected chi connectivity index (χ2v) is 4.91. The highest BCUT2D eigenvalue weighted by Gasteiger charge is 2.11. The van der Waals surface area contributed by atoms with Gasteiger partial charge >= 0.3 is 0 Å². The molecule has 2 N–H and O–H groups in total. The SMILES string of the molecule is CNc1nc(Nc2ccc(Cl)c(Br)c2)c(F)cc1F. The number of pyridine rings is 1. The number of nitrogens with zero attached hydrogens (tertiary/aromatic N) is 1. The van der Waals surface area contributed by atoms with Gasteiger partial charge in [-0.2, -0.15) is 0 Å². The summed E-state index contributed by atoms with van der Waals surface area (Å²) >= 11 is 9.12. The molecule has 0 radical (unpaired) electrons. The summed E-state index contributed by atoms with van der Waals surface area (Å²) in [7, 11) is 1.51. The van der Waals surface area contributed by atoms with Crippen LogP contribution in [0.2, 0.25) is 5.02 Å². The summed E-state index contributed by atoms with van der Waals surface area (Å²) in [4.78, 5) is 3.82. The van der Waals surface area contributed by atoms with Crippen LogP contribution in [0, 0.1) is 11.6 Å². The van der Waals surface area contributed by atoms with Gasteiger partial charge in [-0.3, -0.25) is 0 Å². The van der Waals surface area contributed by atoms with E-state index in [1.165, 1.54) is 7.05 Å². The first kappa shape index (κ1) is 14.0. The van der Waals surface area contributed by atoms with Crippen molar-refractivity contribution in [3.8, 4) is 0 Å². The number of halogens is 4. The topological polar surface area (TPSA) is 37.0 Å². The van der Waals surface area contributed by atoms with E-state index in [1.54, 1.807) is 18.2 Å². The summed E-state index contributed by atoms with van der Waals surface area (Å²) in [6.07, 6.45) is 0. The second-order valence-electron chi connectivity index (χ2n) is 3.65. The molecule has 0 saturated carbocycles.